The first-order valence-corrected chi connectivity index (χ1v) is 7.49. The maximum Gasteiger partial charge on any atom is 0.133 e. The van der Waals surface area contributed by atoms with Gasteiger partial charge in [0, 0.05) is 30.6 Å². The summed E-state index contributed by atoms with van der Waals surface area (Å²) in [5.74, 6) is 0.974. The SMILES string of the molecule is CCCNc1ncnc(SC2CCOCC2)c1C. The second kappa shape index (κ2) is 6.95. The second-order valence-electron chi connectivity index (χ2n) is 4.51. The molecular formula is C13H21N3OS. The van der Waals surface area contributed by atoms with Crippen molar-refractivity contribution in [1.29, 1.82) is 0 Å². The van der Waals surface area contributed by atoms with Crippen molar-refractivity contribution in [3.63, 3.8) is 0 Å². The largest absolute Gasteiger partial charge is 0.381 e. The number of hydrogen-bond acceptors (Lipinski definition) is 5. The van der Waals surface area contributed by atoms with Crippen LogP contribution in [0.5, 0.6) is 0 Å². The van der Waals surface area contributed by atoms with Crippen molar-refractivity contribution in [3.8, 4) is 0 Å². The van der Waals surface area contributed by atoms with Gasteiger partial charge in [0.1, 0.15) is 17.2 Å². The molecule has 18 heavy (non-hydrogen) atoms. The van der Waals surface area contributed by atoms with Gasteiger partial charge in [0.05, 0.1) is 0 Å². The molecule has 4 nitrogen and oxygen atoms in total. The Kier molecular flexibility index (Phi) is 5.26. The Morgan fingerprint density at radius 1 is 1.39 bits per heavy atom. The zero-order chi connectivity index (χ0) is 12.8. The number of rotatable bonds is 5. The highest BCUT2D eigenvalue weighted by Gasteiger charge is 2.17. The van der Waals surface area contributed by atoms with Gasteiger partial charge in [-0.05, 0) is 26.2 Å². The summed E-state index contributed by atoms with van der Waals surface area (Å²) < 4.78 is 5.39. The van der Waals surface area contributed by atoms with Crippen molar-refractivity contribution in [3.05, 3.63) is 11.9 Å². The molecule has 0 unspecified atom stereocenters. The molecule has 1 aliphatic rings. The molecule has 0 saturated carbocycles. The molecule has 100 valence electrons. The van der Waals surface area contributed by atoms with E-state index in [1.807, 2.05) is 11.8 Å². The fraction of sp³-hybridized carbons (Fsp3) is 0.692. The lowest BCUT2D eigenvalue weighted by molar-refractivity contribution is 0.1000. The number of anilines is 1. The highest BCUT2D eigenvalue weighted by molar-refractivity contribution is 7.99. The number of nitrogens with zero attached hydrogens (tertiary/aromatic N) is 2. The van der Waals surface area contributed by atoms with Gasteiger partial charge in [0.2, 0.25) is 0 Å². The van der Waals surface area contributed by atoms with Crippen LogP contribution in [0.4, 0.5) is 5.82 Å². The van der Waals surface area contributed by atoms with Crippen LogP contribution in [0.2, 0.25) is 0 Å². The van der Waals surface area contributed by atoms with Crippen LogP contribution in [0.1, 0.15) is 31.7 Å². The summed E-state index contributed by atoms with van der Waals surface area (Å²) in [5.41, 5.74) is 1.17. The smallest absolute Gasteiger partial charge is 0.133 e. The van der Waals surface area contributed by atoms with Gasteiger partial charge < -0.3 is 10.1 Å². The van der Waals surface area contributed by atoms with E-state index in [9.17, 15) is 0 Å². The molecule has 0 bridgehead atoms. The van der Waals surface area contributed by atoms with E-state index in [2.05, 4.69) is 29.1 Å². The molecule has 1 aromatic rings. The van der Waals surface area contributed by atoms with E-state index in [4.69, 9.17) is 4.74 Å². The van der Waals surface area contributed by atoms with Gasteiger partial charge in [0.25, 0.3) is 0 Å². The van der Waals surface area contributed by atoms with Crippen molar-refractivity contribution in [2.45, 2.75) is 43.4 Å². The molecule has 1 saturated heterocycles. The van der Waals surface area contributed by atoms with Crippen LogP contribution in [0.25, 0.3) is 0 Å². The fourth-order valence-electron chi connectivity index (χ4n) is 1.93. The summed E-state index contributed by atoms with van der Waals surface area (Å²) in [6, 6.07) is 0. The Morgan fingerprint density at radius 2 is 2.17 bits per heavy atom. The summed E-state index contributed by atoms with van der Waals surface area (Å²) in [4.78, 5) is 8.72. The molecule has 0 aromatic carbocycles. The van der Waals surface area contributed by atoms with Gasteiger partial charge in [0.15, 0.2) is 0 Å². The third kappa shape index (κ3) is 3.59. The standard InChI is InChI=1S/C13H21N3OS/c1-3-6-14-12-10(2)13(16-9-15-12)18-11-4-7-17-8-5-11/h9,11H,3-8H2,1-2H3,(H,14,15,16). The van der Waals surface area contributed by atoms with Crippen molar-refractivity contribution in [1.82, 2.24) is 9.97 Å². The minimum absolute atomic E-state index is 0.631. The topological polar surface area (TPSA) is 47.0 Å². The monoisotopic (exact) mass is 267 g/mol. The van der Waals surface area contributed by atoms with Crippen LogP contribution >= 0.6 is 11.8 Å². The maximum atomic E-state index is 5.39. The minimum atomic E-state index is 0.631. The molecular weight excluding hydrogens is 246 g/mol. The second-order valence-corrected chi connectivity index (χ2v) is 5.80. The van der Waals surface area contributed by atoms with Gasteiger partial charge in [-0.2, -0.15) is 0 Å². The van der Waals surface area contributed by atoms with Crippen molar-refractivity contribution >= 4 is 17.6 Å². The zero-order valence-corrected chi connectivity index (χ0v) is 11.9. The molecule has 1 N–H and O–H groups in total. The summed E-state index contributed by atoms with van der Waals surface area (Å²) in [6.45, 7) is 6.96. The predicted molar refractivity (Wildman–Crippen MR) is 75.2 cm³/mol. The number of nitrogens with one attached hydrogen (secondary N) is 1. The lowest BCUT2D eigenvalue weighted by Crippen LogP contribution is -2.17. The molecule has 0 spiro atoms. The molecule has 0 atom stereocenters. The third-order valence-corrected chi connectivity index (χ3v) is 4.47. The minimum Gasteiger partial charge on any atom is -0.381 e. The van der Waals surface area contributed by atoms with Crippen LogP contribution < -0.4 is 5.32 Å². The fourth-order valence-corrected chi connectivity index (χ4v) is 3.05. The number of thioether (sulfide) groups is 1. The number of aromatic nitrogens is 2. The normalized spacial score (nSPS) is 16.8. The zero-order valence-electron chi connectivity index (χ0n) is 11.1. The molecule has 5 heteroatoms. The van der Waals surface area contributed by atoms with E-state index in [1.54, 1.807) is 6.33 Å². The van der Waals surface area contributed by atoms with Crippen LogP contribution in [-0.2, 0) is 4.74 Å². The van der Waals surface area contributed by atoms with E-state index in [0.29, 0.717) is 5.25 Å². The van der Waals surface area contributed by atoms with Gasteiger partial charge in [-0.1, -0.05) is 6.92 Å². The van der Waals surface area contributed by atoms with E-state index in [-0.39, 0.29) is 0 Å². The Morgan fingerprint density at radius 3 is 2.89 bits per heavy atom. The summed E-state index contributed by atoms with van der Waals surface area (Å²) in [5, 5.41) is 5.09. The molecule has 0 amide bonds. The molecule has 1 fully saturated rings. The molecule has 0 radical (unpaired) electrons. The van der Waals surface area contributed by atoms with E-state index in [1.165, 1.54) is 5.56 Å². The molecule has 2 rings (SSSR count). The highest BCUT2D eigenvalue weighted by atomic mass is 32.2. The number of ether oxygens (including phenoxy) is 1. The van der Waals surface area contributed by atoms with Crippen LogP contribution in [-0.4, -0.2) is 35.0 Å². The van der Waals surface area contributed by atoms with Gasteiger partial charge in [-0.15, -0.1) is 11.8 Å². The summed E-state index contributed by atoms with van der Waals surface area (Å²) in [7, 11) is 0. The summed E-state index contributed by atoms with van der Waals surface area (Å²) in [6.07, 6.45) is 5.00. The first-order valence-electron chi connectivity index (χ1n) is 6.61. The Bertz CT molecular complexity index is 380. The Hall–Kier alpha value is -0.810. The quantitative estimate of drug-likeness (QED) is 0.831. The van der Waals surface area contributed by atoms with E-state index in [0.717, 1.165) is 49.9 Å². The molecule has 1 aromatic heterocycles. The van der Waals surface area contributed by atoms with Crippen molar-refractivity contribution < 1.29 is 4.74 Å². The van der Waals surface area contributed by atoms with Crippen molar-refractivity contribution in [2.75, 3.05) is 25.1 Å². The molecule has 1 aliphatic heterocycles. The number of hydrogen-bond donors (Lipinski definition) is 1. The average Bonchev–Trinajstić information content (AvgIpc) is 2.41. The first-order chi connectivity index (χ1) is 8.81. The Balaban J connectivity index is 2.02. The van der Waals surface area contributed by atoms with Crippen LogP contribution in [0.3, 0.4) is 0 Å². The van der Waals surface area contributed by atoms with E-state index >= 15 is 0 Å². The highest BCUT2D eigenvalue weighted by Crippen LogP contribution is 2.31. The van der Waals surface area contributed by atoms with Gasteiger partial charge in [-0.25, -0.2) is 9.97 Å². The average molecular weight is 267 g/mol. The van der Waals surface area contributed by atoms with Gasteiger partial charge >= 0.3 is 0 Å². The van der Waals surface area contributed by atoms with Crippen molar-refractivity contribution in [2.24, 2.45) is 0 Å². The lowest BCUT2D eigenvalue weighted by Gasteiger charge is -2.21. The van der Waals surface area contributed by atoms with Gasteiger partial charge in [-0.3, -0.25) is 0 Å². The molecule has 0 aliphatic carbocycles. The lowest BCUT2D eigenvalue weighted by atomic mass is 10.2. The maximum absolute atomic E-state index is 5.39. The molecule has 2 heterocycles. The van der Waals surface area contributed by atoms with Crippen LogP contribution in [0.15, 0.2) is 11.4 Å². The predicted octanol–water partition coefficient (Wildman–Crippen LogP) is 2.88. The summed E-state index contributed by atoms with van der Waals surface area (Å²) >= 11 is 1.87. The first kappa shape index (κ1) is 13.6. The van der Waals surface area contributed by atoms with E-state index < -0.39 is 0 Å². The Labute approximate surface area is 113 Å². The van der Waals surface area contributed by atoms with Crippen LogP contribution in [0, 0.1) is 6.92 Å². The third-order valence-electron chi connectivity index (χ3n) is 3.03.